The monoisotopic (exact) mass is 539 g/mol. The Morgan fingerprint density at radius 1 is 1.00 bits per heavy atom. The largest absolute Gasteiger partial charge is 0.497 e. The molecule has 0 spiro atoms. The van der Waals surface area contributed by atoms with Gasteiger partial charge in [-0.2, -0.15) is 0 Å². The number of rotatable bonds is 9. The minimum atomic E-state index is -4.11. The minimum Gasteiger partial charge on any atom is -0.497 e. The summed E-state index contributed by atoms with van der Waals surface area (Å²) in [7, 11) is -2.58. The maximum Gasteiger partial charge on any atom is 0.263 e. The topological polar surface area (TPSA) is 122 Å². The molecule has 0 saturated heterocycles. The van der Waals surface area contributed by atoms with Crippen LogP contribution in [0, 0.1) is 5.92 Å². The number of anilines is 4. The maximum absolute atomic E-state index is 13.4. The molecule has 0 saturated carbocycles. The zero-order chi connectivity index (χ0) is 26.6. The Hall–Kier alpha value is -3.89. The molecule has 1 amide bonds. The van der Waals surface area contributed by atoms with E-state index in [0.717, 1.165) is 0 Å². The van der Waals surface area contributed by atoms with Gasteiger partial charge in [0, 0.05) is 17.7 Å². The number of halogens is 1. The zero-order valence-corrected chi connectivity index (χ0v) is 22.0. The summed E-state index contributed by atoms with van der Waals surface area (Å²) in [4.78, 5) is 21.3. The SMILES string of the molecule is CC[C@H](C)C(=O)Nc1cccc(S(=O)(=O)Nc2nc3ccccc3nc2Nc2cc(OC)ccc2Cl)c1. The fourth-order valence-corrected chi connectivity index (χ4v) is 4.61. The van der Waals surface area contributed by atoms with Crippen molar-refractivity contribution in [2.24, 2.45) is 5.92 Å². The molecule has 192 valence electrons. The van der Waals surface area contributed by atoms with E-state index in [1.165, 1.54) is 19.2 Å². The summed E-state index contributed by atoms with van der Waals surface area (Å²) in [6.07, 6.45) is 0.666. The van der Waals surface area contributed by atoms with Crippen molar-refractivity contribution in [1.82, 2.24) is 9.97 Å². The molecule has 3 N–H and O–H groups in total. The predicted molar refractivity (Wildman–Crippen MR) is 146 cm³/mol. The van der Waals surface area contributed by atoms with Gasteiger partial charge in [0.1, 0.15) is 5.75 Å². The Labute approximate surface area is 220 Å². The zero-order valence-electron chi connectivity index (χ0n) is 20.4. The molecule has 0 bridgehead atoms. The quantitative estimate of drug-likeness (QED) is 0.245. The fourth-order valence-electron chi connectivity index (χ4n) is 3.39. The number of carbonyl (C=O) groups excluding carboxylic acids is 1. The standard InChI is InChI=1S/C26H26ClN5O4S/c1-4-16(2)26(33)28-17-8-7-9-19(14-17)37(34,35)32-25-24(29-21-10-5-6-11-22(21)30-25)31-23-15-18(36-3)12-13-20(23)27/h5-16H,4H2,1-3H3,(H,28,33)(H,29,31)(H,30,32)/t16-/m0/s1. The lowest BCUT2D eigenvalue weighted by Gasteiger charge is -2.16. The highest BCUT2D eigenvalue weighted by Crippen LogP contribution is 2.33. The van der Waals surface area contributed by atoms with Gasteiger partial charge in [0.25, 0.3) is 10.0 Å². The Bertz CT molecular complexity index is 1560. The smallest absolute Gasteiger partial charge is 0.263 e. The molecule has 1 aromatic heterocycles. The third-order valence-electron chi connectivity index (χ3n) is 5.70. The number of amides is 1. The summed E-state index contributed by atoms with van der Waals surface area (Å²) < 4.78 is 34.5. The average Bonchev–Trinajstić information content (AvgIpc) is 2.89. The molecule has 1 atom stereocenters. The second-order valence-corrected chi connectivity index (χ2v) is 10.4. The molecule has 9 nitrogen and oxygen atoms in total. The van der Waals surface area contributed by atoms with Gasteiger partial charge >= 0.3 is 0 Å². The number of hydrogen-bond acceptors (Lipinski definition) is 7. The second kappa shape index (κ2) is 11.0. The molecule has 11 heteroatoms. The van der Waals surface area contributed by atoms with E-state index in [0.29, 0.717) is 39.6 Å². The Morgan fingerprint density at radius 2 is 1.70 bits per heavy atom. The number of aromatic nitrogens is 2. The summed E-state index contributed by atoms with van der Waals surface area (Å²) in [6.45, 7) is 3.71. The van der Waals surface area contributed by atoms with Gasteiger partial charge in [-0.1, -0.05) is 43.6 Å². The third kappa shape index (κ3) is 6.10. The van der Waals surface area contributed by atoms with Crippen LogP contribution in [0.5, 0.6) is 5.75 Å². The molecule has 4 aromatic rings. The van der Waals surface area contributed by atoms with Gasteiger partial charge in [0.15, 0.2) is 11.6 Å². The normalized spacial score (nSPS) is 12.1. The van der Waals surface area contributed by atoms with Crippen LogP contribution in [0.1, 0.15) is 20.3 Å². The van der Waals surface area contributed by atoms with Crippen LogP contribution < -0.4 is 20.1 Å². The second-order valence-electron chi connectivity index (χ2n) is 8.31. The van der Waals surface area contributed by atoms with E-state index < -0.39 is 10.0 Å². The van der Waals surface area contributed by atoms with Crippen LogP contribution in [-0.4, -0.2) is 31.4 Å². The van der Waals surface area contributed by atoms with Crippen molar-refractivity contribution in [1.29, 1.82) is 0 Å². The van der Waals surface area contributed by atoms with Gasteiger partial charge in [-0.15, -0.1) is 0 Å². The van der Waals surface area contributed by atoms with E-state index in [4.69, 9.17) is 16.3 Å². The summed E-state index contributed by atoms with van der Waals surface area (Å²) in [6, 6.07) is 18.1. The average molecular weight is 540 g/mol. The molecule has 0 unspecified atom stereocenters. The molecule has 37 heavy (non-hydrogen) atoms. The first kappa shape index (κ1) is 26.2. The van der Waals surface area contributed by atoms with E-state index in [1.807, 2.05) is 13.0 Å². The maximum atomic E-state index is 13.4. The van der Waals surface area contributed by atoms with Crippen molar-refractivity contribution in [2.75, 3.05) is 22.5 Å². The molecular formula is C26H26ClN5O4S. The highest BCUT2D eigenvalue weighted by atomic mass is 35.5. The van der Waals surface area contributed by atoms with Crippen LogP contribution in [0.2, 0.25) is 5.02 Å². The van der Waals surface area contributed by atoms with Crippen molar-refractivity contribution < 1.29 is 17.9 Å². The van der Waals surface area contributed by atoms with Gasteiger partial charge in [0.2, 0.25) is 5.91 Å². The number of para-hydroxylation sites is 2. The van der Waals surface area contributed by atoms with E-state index in [9.17, 15) is 13.2 Å². The molecule has 0 radical (unpaired) electrons. The van der Waals surface area contributed by atoms with Crippen molar-refractivity contribution >= 4 is 61.6 Å². The van der Waals surface area contributed by atoms with Crippen molar-refractivity contribution in [3.8, 4) is 5.75 Å². The van der Waals surface area contributed by atoms with E-state index >= 15 is 0 Å². The first-order chi connectivity index (χ1) is 17.7. The Morgan fingerprint density at radius 3 is 2.38 bits per heavy atom. The number of nitrogens with zero attached hydrogens (tertiary/aromatic N) is 2. The predicted octanol–water partition coefficient (Wildman–Crippen LogP) is 5.82. The lowest BCUT2D eigenvalue weighted by atomic mass is 10.1. The van der Waals surface area contributed by atoms with Crippen molar-refractivity contribution in [3.63, 3.8) is 0 Å². The van der Waals surface area contributed by atoms with Gasteiger partial charge in [-0.3, -0.25) is 9.52 Å². The number of nitrogens with one attached hydrogen (secondary N) is 3. The highest BCUT2D eigenvalue weighted by Gasteiger charge is 2.21. The molecule has 4 rings (SSSR count). The molecule has 0 fully saturated rings. The number of carbonyl (C=O) groups is 1. The number of benzene rings is 3. The number of ether oxygens (including phenoxy) is 1. The van der Waals surface area contributed by atoms with Gasteiger partial charge < -0.3 is 15.4 Å². The molecule has 0 aliphatic rings. The summed E-state index contributed by atoms with van der Waals surface area (Å²) in [5.41, 5.74) is 1.89. The molecular weight excluding hydrogens is 514 g/mol. The third-order valence-corrected chi connectivity index (χ3v) is 7.37. The van der Waals surface area contributed by atoms with Gasteiger partial charge in [-0.25, -0.2) is 18.4 Å². The first-order valence-corrected chi connectivity index (χ1v) is 13.4. The van der Waals surface area contributed by atoms with E-state index in [1.54, 1.807) is 55.5 Å². The van der Waals surface area contributed by atoms with Crippen molar-refractivity contribution in [3.05, 3.63) is 71.8 Å². The van der Waals surface area contributed by atoms with Crippen LogP contribution in [-0.2, 0) is 14.8 Å². The summed E-state index contributed by atoms with van der Waals surface area (Å²) >= 11 is 6.35. The van der Waals surface area contributed by atoms with E-state index in [2.05, 4.69) is 25.3 Å². The van der Waals surface area contributed by atoms with E-state index in [-0.39, 0.29) is 28.4 Å². The first-order valence-electron chi connectivity index (χ1n) is 11.5. The van der Waals surface area contributed by atoms with Crippen LogP contribution >= 0.6 is 11.6 Å². The molecule has 0 aliphatic carbocycles. The Balaban J connectivity index is 1.71. The molecule has 3 aromatic carbocycles. The number of sulfonamides is 1. The van der Waals surface area contributed by atoms with Crippen LogP contribution in [0.4, 0.5) is 23.0 Å². The number of hydrogen-bond donors (Lipinski definition) is 3. The van der Waals surface area contributed by atoms with Crippen LogP contribution in [0.15, 0.2) is 71.6 Å². The Kier molecular flexibility index (Phi) is 7.80. The van der Waals surface area contributed by atoms with Crippen LogP contribution in [0.3, 0.4) is 0 Å². The summed E-state index contributed by atoms with van der Waals surface area (Å²) in [5, 5.41) is 6.21. The van der Waals surface area contributed by atoms with Crippen molar-refractivity contribution in [2.45, 2.75) is 25.2 Å². The minimum absolute atomic E-state index is 0.0216. The molecule has 1 heterocycles. The van der Waals surface area contributed by atoms with Gasteiger partial charge in [0.05, 0.1) is 33.7 Å². The number of methoxy groups -OCH3 is 1. The number of fused-ring (bicyclic) bond motifs is 1. The van der Waals surface area contributed by atoms with Gasteiger partial charge in [-0.05, 0) is 48.9 Å². The highest BCUT2D eigenvalue weighted by molar-refractivity contribution is 7.92. The lowest BCUT2D eigenvalue weighted by molar-refractivity contribution is -0.119. The lowest BCUT2D eigenvalue weighted by Crippen LogP contribution is -2.20. The molecule has 0 aliphatic heterocycles. The fraction of sp³-hybridized carbons (Fsp3) is 0.192. The summed E-state index contributed by atoms with van der Waals surface area (Å²) in [5.74, 6) is 0.291. The van der Waals surface area contributed by atoms with Crippen LogP contribution in [0.25, 0.3) is 11.0 Å².